The zero-order chi connectivity index (χ0) is 23.6. The third-order valence-electron chi connectivity index (χ3n) is 6.87. The van der Waals surface area contributed by atoms with Crippen molar-refractivity contribution < 1.29 is 27.1 Å². The average Bonchev–Trinajstić information content (AvgIpc) is 2.80. The van der Waals surface area contributed by atoms with E-state index in [9.17, 15) is 22.4 Å². The number of carbonyl (C=O) groups excluding carboxylic acids is 1. The van der Waals surface area contributed by atoms with Gasteiger partial charge in [0.25, 0.3) is 5.91 Å². The maximum absolute atomic E-state index is 14.7. The van der Waals surface area contributed by atoms with E-state index in [-0.39, 0.29) is 60.4 Å². The quantitative estimate of drug-likeness (QED) is 0.552. The van der Waals surface area contributed by atoms with Gasteiger partial charge in [-0.05, 0) is 62.8 Å². The number of benzene rings is 1. The van der Waals surface area contributed by atoms with Crippen LogP contribution in [0.1, 0.15) is 73.3 Å². The van der Waals surface area contributed by atoms with E-state index in [4.69, 9.17) is 4.74 Å². The molecule has 0 aliphatic heterocycles. The van der Waals surface area contributed by atoms with Gasteiger partial charge < -0.3 is 10.1 Å². The maximum Gasteiger partial charge on any atom is 0.253 e. The van der Waals surface area contributed by atoms with Crippen molar-refractivity contribution in [3.05, 3.63) is 53.4 Å². The van der Waals surface area contributed by atoms with E-state index in [1.54, 1.807) is 7.11 Å². The zero-order valence-corrected chi connectivity index (χ0v) is 18.6. The van der Waals surface area contributed by atoms with Crippen LogP contribution in [0.5, 0.6) is 0 Å². The minimum Gasteiger partial charge on any atom is -0.381 e. The summed E-state index contributed by atoms with van der Waals surface area (Å²) in [7, 11) is 1.67. The third-order valence-corrected chi connectivity index (χ3v) is 6.87. The Morgan fingerprint density at radius 2 is 1.73 bits per heavy atom. The fraction of sp³-hybridized carbons (Fsp3) is 0.520. The molecule has 0 unspecified atom stereocenters. The topological polar surface area (TPSA) is 51.2 Å². The van der Waals surface area contributed by atoms with Gasteiger partial charge in [0.2, 0.25) is 5.92 Å². The van der Waals surface area contributed by atoms with Crippen LogP contribution in [0.4, 0.5) is 17.6 Å². The molecule has 8 heteroatoms. The molecule has 0 atom stereocenters. The van der Waals surface area contributed by atoms with Gasteiger partial charge in [-0.15, -0.1) is 0 Å². The lowest BCUT2D eigenvalue weighted by molar-refractivity contribution is -0.0385. The van der Waals surface area contributed by atoms with Crippen LogP contribution in [-0.2, 0) is 4.74 Å². The van der Waals surface area contributed by atoms with Crippen molar-refractivity contribution >= 4 is 5.91 Å². The molecular weight excluding hydrogens is 436 g/mol. The number of carbonyl (C=O) groups is 1. The van der Waals surface area contributed by atoms with E-state index in [1.807, 2.05) is 0 Å². The first-order valence-corrected chi connectivity index (χ1v) is 11.4. The largest absolute Gasteiger partial charge is 0.381 e. The summed E-state index contributed by atoms with van der Waals surface area (Å²) in [5.74, 6) is -4.82. The second-order valence-corrected chi connectivity index (χ2v) is 9.06. The van der Waals surface area contributed by atoms with E-state index in [0.717, 1.165) is 43.9 Å². The number of nitrogens with zero attached hydrogens (tertiary/aromatic N) is 1. The predicted molar refractivity (Wildman–Crippen MR) is 116 cm³/mol. The van der Waals surface area contributed by atoms with Crippen molar-refractivity contribution in [2.45, 2.75) is 75.4 Å². The van der Waals surface area contributed by atoms with Crippen LogP contribution in [0.25, 0.3) is 11.1 Å². The lowest BCUT2D eigenvalue weighted by atomic mass is 9.81. The first-order valence-electron chi connectivity index (χ1n) is 11.4. The van der Waals surface area contributed by atoms with Gasteiger partial charge in [-0.1, -0.05) is 0 Å². The Balaban J connectivity index is 1.70. The first kappa shape index (κ1) is 23.7. The molecule has 33 heavy (non-hydrogen) atoms. The predicted octanol–water partition coefficient (Wildman–Crippen LogP) is 6.01. The second kappa shape index (κ2) is 9.79. The number of alkyl halides is 2. The Morgan fingerprint density at radius 1 is 1.03 bits per heavy atom. The molecule has 0 spiro atoms. The number of hydrogen-bond donors (Lipinski definition) is 1. The van der Waals surface area contributed by atoms with Crippen LogP contribution in [0.2, 0.25) is 0 Å². The summed E-state index contributed by atoms with van der Waals surface area (Å²) >= 11 is 0. The van der Waals surface area contributed by atoms with Crippen LogP contribution in [-0.4, -0.2) is 36.1 Å². The van der Waals surface area contributed by atoms with Gasteiger partial charge in [0.15, 0.2) is 0 Å². The van der Waals surface area contributed by atoms with Gasteiger partial charge >= 0.3 is 0 Å². The highest BCUT2D eigenvalue weighted by molar-refractivity contribution is 6.02. The Kier molecular flexibility index (Phi) is 7.02. The highest BCUT2D eigenvalue weighted by Gasteiger charge is 2.38. The Labute approximate surface area is 190 Å². The van der Waals surface area contributed by atoms with E-state index in [1.165, 1.54) is 12.3 Å². The monoisotopic (exact) mass is 464 g/mol. The number of nitrogens with one attached hydrogen (secondary N) is 1. The van der Waals surface area contributed by atoms with Crippen LogP contribution in [0, 0.1) is 11.6 Å². The van der Waals surface area contributed by atoms with Crippen LogP contribution in [0.15, 0.2) is 30.5 Å². The van der Waals surface area contributed by atoms with E-state index in [0.29, 0.717) is 5.69 Å². The highest BCUT2D eigenvalue weighted by atomic mass is 19.3. The second-order valence-electron chi connectivity index (χ2n) is 9.06. The molecule has 1 heterocycles. The normalized spacial score (nSPS) is 23.3. The van der Waals surface area contributed by atoms with Crippen LogP contribution in [0.3, 0.4) is 0 Å². The number of rotatable bonds is 5. The Bertz CT molecular complexity index is 996. The number of ether oxygens (including phenoxy) is 1. The van der Waals surface area contributed by atoms with Gasteiger partial charge in [0.05, 0.1) is 17.4 Å². The first-order chi connectivity index (χ1) is 15.8. The lowest BCUT2D eigenvalue weighted by Crippen LogP contribution is -2.40. The SMILES string of the molecule is CO[C@H]1CC[C@H](NC(=O)c2c(-c3cc(F)ccc3F)ccnc2C2CCC(F)(F)CC2)CC1. The molecule has 1 aromatic heterocycles. The zero-order valence-electron chi connectivity index (χ0n) is 18.6. The van der Waals surface area contributed by atoms with E-state index in [2.05, 4.69) is 10.3 Å². The number of hydrogen-bond acceptors (Lipinski definition) is 3. The summed E-state index contributed by atoms with van der Waals surface area (Å²) in [5, 5.41) is 3.02. The highest BCUT2D eigenvalue weighted by Crippen LogP contribution is 2.42. The minimum absolute atomic E-state index is 0.0481. The molecule has 2 aliphatic carbocycles. The average molecular weight is 465 g/mol. The van der Waals surface area contributed by atoms with E-state index < -0.39 is 23.5 Å². The maximum atomic E-state index is 14.7. The summed E-state index contributed by atoms with van der Waals surface area (Å²) < 4.78 is 61.6. The molecule has 178 valence electrons. The molecule has 1 aromatic carbocycles. The van der Waals surface area contributed by atoms with Gasteiger partial charge in [-0.3, -0.25) is 9.78 Å². The van der Waals surface area contributed by atoms with E-state index >= 15 is 0 Å². The molecule has 4 nitrogen and oxygen atoms in total. The van der Waals surface area contributed by atoms with Crippen LogP contribution >= 0.6 is 0 Å². The molecule has 4 rings (SSSR count). The molecule has 2 fully saturated rings. The minimum atomic E-state index is -2.73. The number of aromatic nitrogens is 1. The molecule has 2 saturated carbocycles. The molecule has 2 aromatic rings. The van der Waals surface area contributed by atoms with Crippen molar-refractivity contribution in [1.82, 2.24) is 10.3 Å². The van der Waals surface area contributed by atoms with Gasteiger partial charge in [0, 0.05) is 49.2 Å². The number of pyridine rings is 1. The van der Waals surface area contributed by atoms with Crippen molar-refractivity contribution in [1.29, 1.82) is 0 Å². The van der Waals surface area contributed by atoms with Crippen LogP contribution < -0.4 is 5.32 Å². The van der Waals surface area contributed by atoms with Crippen molar-refractivity contribution in [3.63, 3.8) is 0 Å². The van der Waals surface area contributed by atoms with Crippen molar-refractivity contribution in [3.8, 4) is 11.1 Å². The van der Waals surface area contributed by atoms with Crippen molar-refractivity contribution in [2.24, 2.45) is 0 Å². The molecule has 1 N–H and O–H groups in total. The molecule has 0 bridgehead atoms. The number of amides is 1. The van der Waals surface area contributed by atoms with Gasteiger partial charge in [-0.25, -0.2) is 17.6 Å². The smallest absolute Gasteiger partial charge is 0.253 e. The van der Waals surface area contributed by atoms with Crippen molar-refractivity contribution in [2.75, 3.05) is 7.11 Å². The molecule has 1 amide bonds. The fourth-order valence-corrected chi connectivity index (χ4v) is 4.97. The van der Waals surface area contributed by atoms with Gasteiger partial charge in [-0.2, -0.15) is 0 Å². The summed E-state index contributed by atoms with van der Waals surface area (Å²) in [6.45, 7) is 0. The number of halogens is 4. The fourth-order valence-electron chi connectivity index (χ4n) is 4.97. The third kappa shape index (κ3) is 5.37. The summed E-state index contributed by atoms with van der Waals surface area (Å²) in [4.78, 5) is 17.9. The number of methoxy groups -OCH3 is 1. The summed E-state index contributed by atoms with van der Waals surface area (Å²) in [6.07, 6.45) is 4.45. The molecular formula is C25H28F4N2O2. The Hall–Kier alpha value is -2.48. The standard InChI is InChI=1S/C25H28F4N2O2/c1-33-18-5-3-17(4-6-18)31-24(32)22-19(20-14-16(26)2-7-21(20)27)10-13-30-23(22)15-8-11-25(28,29)12-9-15/h2,7,10,13-15,17-18H,3-6,8-9,11-12H2,1H3,(H,31,32)/t17-,18-. The summed E-state index contributed by atoms with van der Waals surface area (Å²) in [5.41, 5.74) is 0.686. The lowest BCUT2D eigenvalue weighted by Gasteiger charge is -2.31. The molecule has 0 radical (unpaired) electrons. The summed E-state index contributed by atoms with van der Waals surface area (Å²) in [6, 6.07) is 4.47. The Morgan fingerprint density at radius 3 is 2.39 bits per heavy atom. The molecule has 2 aliphatic rings. The molecule has 0 saturated heterocycles. The van der Waals surface area contributed by atoms with Gasteiger partial charge in [0.1, 0.15) is 11.6 Å².